The maximum atomic E-state index is 13.2. The molecule has 0 unspecified atom stereocenters. The van der Waals surface area contributed by atoms with Gasteiger partial charge in [0.05, 0.1) is 21.7 Å². The van der Waals surface area contributed by atoms with Crippen molar-refractivity contribution in [3.05, 3.63) is 69.3 Å². The largest absolute Gasteiger partial charge is 0.449 e. The lowest BCUT2D eigenvalue weighted by Crippen LogP contribution is -2.30. The van der Waals surface area contributed by atoms with E-state index >= 15 is 0 Å². The number of benzene rings is 2. The Labute approximate surface area is 161 Å². The number of nitro benzene ring substituents is 1. The number of ether oxygens (including phenoxy) is 1. The number of carbonyl (C=O) groups is 3. The number of rotatable bonds is 6. The van der Waals surface area contributed by atoms with Crippen molar-refractivity contribution in [2.45, 2.75) is 19.2 Å². The molecule has 0 bridgehead atoms. The highest BCUT2D eigenvalue weighted by atomic mass is 19.4. The second-order valence-electron chi connectivity index (χ2n) is 5.76. The van der Waals surface area contributed by atoms with Crippen molar-refractivity contribution in [1.29, 1.82) is 0 Å². The highest BCUT2D eigenvalue weighted by Gasteiger charge is 2.36. The zero-order valence-electron chi connectivity index (χ0n) is 14.7. The van der Waals surface area contributed by atoms with Gasteiger partial charge >= 0.3 is 12.1 Å². The molecule has 0 heterocycles. The molecule has 0 spiro atoms. The Morgan fingerprint density at radius 2 is 1.79 bits per heavy atom. The van der Waals surface area contributed by atoms with Gasteiger partial charge in [-0.1, -0.05) is 12.1 Å². The minimum atomic E-state index is -4.96. The normalized spacial score (nSPS) is 12.0. The van der Waals surface area contributed by atoms with Gasteiger partial charge in [0.1, 0.15) is 6.29 Å². The standard InChI is InChI=1S/C18H13F3N2O6/c1-10(29-17(26)12-4-2-11(9-24)3-5-12)16(25)22-15-7-6-13(23(27)28)8-14(15)18(19,20)21/h2-10H,1H3,(H,22,25)/t10-/m0/s1. The third kappa shape index (κ3) is 5.37. The third-order valence-corrected chi connectivity index (χ3v) is 3.71. The summed E-state index contributed by atoms with van der Waals surface area (Å²) in [6, 6.07) is 7.10. The molecule has 8 nitrogen and oxygen atoms in total. The summed E-state index contributed by atoms with van der Waals surface area (Å²) in [6.45, 7) is 1.14. The van der Waals surface area contributed by atoms with Crippen LogP contribution in [0.15, 0.2) is 42.5 Å². The molecule has 152 valence electrons. The average molecular weight is 410 g/mol. The first-order valence-corrected chi connectivity index (χ1v) is 7.95. The summed E-state index contributed by atoms with van der Waals surface area (Å²) in [4.78, 5) is 44.4. The number of nitro groups is 1. The summed E-state index contributed by atoms with van der Waals surface area (Å²) in [7, 11) is 0. The minimum Gasteiger partial charge on any atom is -0.449 e. The van der Waals surface area contributed by atoms with Gasteiger partial charge in [-0.25, -0.2) is 4.79 Å². The predicted octanol–water partition coefficient (Wildman–Crippen LogP) is 3.61. The number of carbonyl (C=O) groups excluding carboxylic acids is 3. The van der Waals surface area contributed by atoms with E-state index in [1.807, 2.05) is 5.32 Å². The molecule has 1 amide bonds. The van der Waals surface area contributed by atoms with Crippen LogP contribution >= 0.6 is 0 Å². The Balaban J connectivity index is 2.15. The van der Waals surface area contributed by atoms with Crippen molar-refractivity contribution in [3.63, 3.8) is 0 Å². The van der Waals surface area contributed by atoms with Crippen molar-refractivity contribution in [1.82, 2.24) is 0 Å². The molecule has 0 aliphatic heterocycles. The Morgan fingerprint density at radius 3 is 2.31 bits per heavy atom. The molecule has 2 rings (SSSR count). The van der Waals surface area contributed by atoms with Crippen LogP contribution in [0.3, 0.4) is 0 Å². The van der Waals surface area contributed by atoms with Gasteiger partial charge in [0.15, 0.2) is 6.10 Å². The first-order valence-electron chi connectivity index (χ1n) is 7.95. The number of aldehydes is 1. The minimum absolute atomic E-state index is 0.0292. The molecule has 0 saturated carbocycles. The van der Waals surface area contributed by atoms with Crippen LogP contribution in [0.25, 0.3) is 0 Å². The van der Waals surface area contributed by atoms with Crippen molar-refractivity contribution < 1.29 is 37.2 Å². The molecule has 2 aromatic rings. The number of non-ortho nitro benzene ring substituents is 1. The lowest BCUT2D eigenvalue weighted by Gasteiger charge is -2.17. The summed E-state index contributed by atoms with van der Waals surface area (Å²) >= 11 is 0. The zero-order valence-corrected chi connectivity index (χ0v) is 14.7. The summed E-state index contributed by atoms with van der Waals surface area (Å²) in [5.41, 5.74) is -2.59. The molecule has 11 heteroatoms. The summed E-state index contributed by atoms with van der Waals surface area (Å²) < 4.78 is 44.4. The van der Waals surface area contributed by atoms with E-state index in [0.29, 0.717) is 17.9 Å². The SMILES string of the molecule is C[C@H](OC(=O)c1ccc(C=O)cc1)C(=O)Nc1ccc([N+](=O)[O-])cc1C(F)(F)F. The molecule has 29 heavy (non-hydrogen) atoms. The van der Waals surface area contributed by atoms with E-state index in [2.05, 4.69) is 0 Å². The summed E-state index contributed by atoms with van der Waals surface area (Å²) in [6.07, 6.45) is -5.87. The molecule has 0 saturated heterocycles. The quantitative estimate of drug-likeness (QED) is 0.337. The lowest BCUT2D eigenvalue weighted by atomic mass is 10.1. The second-order valence-corrected chi connectivity index (χ2v) is 5.76. The van der Waals surface area contributed by atoms with Gasteiger partial charge < -0.3 is 10.1 Å². The number of nitrogens with one attached hydrogen (secondary N) is 1. The number of hydrogen-bond acceptors (Lipinski definition) is 6. The smallest absolute Gasteiger partial charge is 0.418 e. The predicted molar refractivity (Wildman–Crippen MR) is 93.4 cm³/mol. The van der Waals surface area contributed by atoms with Gasteiger partial charge in [-0.3, -0.25) is 19.7 Å². The van der Waals surface area contributed by atoms with E-state index in [1.54, 1.807) is 0 Å². The average Bonchev–Trinajstić information content (AvgIpc) is 2.67. The van der Waals surface area contributed by atoms with Crippen LogP contribution in [0, 0.1) is 10.1 Å². The van der Waals surface area contributed by atoms with E-state index in [0.717, 1.165) is 19.1 Å². The van der Waals surface area contributed by atoms with Crippen LogP contribution < -0.4 is 5.32 Å². The number of alkyl halides is 3. The van der Waals surface area contributed by atoms with E-state index in [4.69, 9.17) is 4.74 Å². The van der Waals surface area contributed by atoms with Crippen LogP contribution in [-0.4, -0.2) is 29.2 Å². The van der Waals surface area contributed by atoms with Gasteiger partial charge in [0.2, 0.25) is 0 Å². The van der Waals surface area contributed by atoms with Crippen LogP contribution in [-0.2, 0) is 15.7 Å². The molecule has 0 radical (unpaired) electrons. The Bertz CT molecular complexity index is 957. The highest BCUT2D eigenvalue weighted by Crippen LogP contribution is 2.37. The number of hydrogen-bond donors (Lipinski definition) is 1. The van der Waals surface area contributed by atoms with Crippen molar-refractivity contribution in [2.75, 3.05) is 5.32 Å². The molecule has 0 fully saturated rings. The van der Waals surface area contributed by atoms with Gasteiger partial charge in [-0.2, -0.15) is 13.2 Å². The monoisotopic (exact) mass is 410 g/mol. The van der Waals surface area contributed by atoms with Gasteiger partial charge in [-0.05, 0) is 25.1 Å². The number of esters is 1. The molecule has 0 aromatic heterocycles. The molecule has 2 aromatic carbocycles. The van der Waals surface area contributed by atoms with Gasteiger partial charge in [-0.15, -0.1) is 0 Å². The molecule has 1 N–H and O–H groups in total. The molecule has 0 aliphatic rings. The number of halogens is 3. The number of nitrogens with zero attached hydrogens (tertiary/aromatic N) is 1. The fraction of sp³-hybridized carbons (Fsp3) is 0.167. The molecule has 1 atom stereocenters. The lowest BCUT2D eigenvalue weighted by molar-refractivity contribution is -0.385. The van der Waals surface area contributed by atoms with Gasteiger partial charge in [0, 0.05) is 17.7 Å². The van der Waals surface area contributed by atoms with E-state index < -0.39 is 46.0 Å². The first-order chi connectivity index (χ1) is 13.5. The molecular weight excluding hydrogens is 397 g/mol. The second kappa shape index (κ2) is 8.50. The maximum Gasteiger partial charge on any atom is 0.418 e. The first kappa shape index (κ1) is 21.5. The Kier molecular flexibility index (Phi) is 6.32. The van der Waals surface area contributed by atoms with Crippen LogP contribution in [0.5, 0.6) is 0 Å². The Hall–Kier alpha value is -3.76. The fourth-order valence-electron chi connectivity index (χ4n) is 2.20. The highest BCUT2D eigenvalue weighted by molar-refractivity contribution is 5.98. The maximum absolute atomic E-state index is 13.2. The molecular formula is C18H13F3N2O6. The third-order valence-electron chi connectivity index (χ3n) is 3.71. The zero-order chi connectivity index (χ0) is 21.8. The van der Waals surface area contributed by atoms with Crippen LogP contribution in [0.2, 0.25) is 0 Å². The molecule has 0 aliphatic carbocycles. The van der Waals surface area contributed by atoms with Gasteiger partial charge in [0.25, 0.3) is 11.6 Å². The van der Waals surface area contributed by atoms with Crippen molar-refractivity contribution in [3.8, 4) is 0 Å². The Morgan fingerprint density at radius 1 is 1.17 bits per heavy atom. The topological polar surface area (TPSA) is 116 Å². The summed E-state index contributed by atoms with van der Waals surface area (Å²) in [5.74, 6) is -1.99. The van der Waals surface area contributed by atoms with Crippen LogP contribution in [0.4, 0.5) is 24.5 Å². The summed E-state index contributed by atoms with van der Waals surface area (Å²) in [5, 5.41) is 12.6. The van der Waals surface area contributed by atoms with Crippen molar-refractivity contribution in [2.24, 2.45) is 0 Å². The van der Waals surface area contributed by atoms with E-state index in [1.165, 1.54) is 24.3 Å². The van der Waals surface area contributed by atoms with Crippen molar-refractivity contribution >= 4 is 29.5 Å². The van der Waals surface area contributed by atoms with E-state index in [9.17, 15) is 37.7 Å². The van der Waals surface area contributed by atoms with E-state index in [-0.39, 0.29) is 5.56 Å². The number of amides is 1. The number of anilines is 1. The fourth-order valence-corrected chi connectivity index (χ4v) is 2.20. The van der Waals surface area contributed by atoms with Crippen LogP contribution in [0.1, 0.15) is 33.2 Å².